The topological polar surface area (TPSA) is 150 Å². The van der Waals surface area contributed by atoms with Crippen LogP contribution in [0, 0.1) is 12.3 Å². The largest absolute Gasteiger partial charge is 0.391 e. The van der Waals surface area contributed by atoms with Gasteiger partial charge in [0.25, 0.3) is 11.5 Å². The van der Waals surface area contributed by atoms with E-state index in [2.05, 4.69) is 74.2 Å². The number of alkyl halides is 1. The maximum absolute atomic E-state index is 14.8. The van der Waals surface area contributed by atoms with Gasteiger partial charge in [-0.3, -0.25) is 23.7 Å². The fraction of sp³-hybridized carbons (Fsp3) is 0.509. The number of nitrogens with one attached hydrogen (secondary N) is 2. The van der Waals surface area contributed by atoms with E-state index in [1.807, 2.05) is 36.7 Å². The van der Waals surface area contributed by atoms with Crippen molar-refractivity contribution in [1.29, 1.82) is 0 Å². The molecule has 1 saturated carbocycles. The highest BCUT2D eigenvalue weighted by atomic mass is 35.5. The third-order valence-corrected chi connectivity index (χ3v) is 16.2. The van der Waals surface area contributed by atoms with E-state index in [9.17, 15) is 28.7 Å². The van der Waals surface area contributed by atoms with Crippen LogP contribution in [-0.4, -0.2) is 97.2 Å². The van der Waals surface area contributed by atoms with Crippen LogP contribution in [0.3, 0.4) is 0 Å². The summed E-state index contributed by atoms with van der Waals surface area (Å²) in [5.74, 6) is -0.508. The van der Waals surface area contributed by atoms with Crippen LogP contribution in [0.2, 0.25) is 5.02 Å². The summed E-state index contributed by atoms with van der Waals surface area (Å²) in [5.41, 5.74) is 5.63. The third kappa shape index (κ3) is 9.37. The Bertz CT molecular complexity index is 2790. The van der Waals surface area contributed by atoms with E-state index in [0.717, 1.165) is 90.5 Å². The number of unbranched alkanes of at least 4 members (excludes halogenated alkanes) is 2. The standard InChI is InChI=1S/C53H63ClFN7O5S/c1-31-44(68-30-56-31)34-16-14-33(15-17-34)39(57-46(64)42-28-36(63)29-61(42)48(66)45(51(2,3)4)58-50(67)53(55)22-23-53)12-8-7-9-24-60-25-20-32(21-26-60)35-18-19-40-37(27-35)52(5,6)49-59-47(65)43-38(54)11-10-13-41(43)62(40)49/h10-11,13-19,27,30,32,36,39,42,45,63H,7-9,12,20-26,28-29H2,1-6H3,(H,57,64)(H,58,67)/t36-,39+,42+,45-/m1/s1. The molecule has 4 aliphatic rings. The summed E-state index contributed by atoms with van der Waals surface area (Å²) in [5, 5.41) is 17.6. The van der Waals surface area contributed by atoms with Gasteiger partial charge in [0.2, 0.25) is 11.8 Å². The van der Waals surface area contributed by atoms with Crippen LogP contribution in [-0.2, 0) is 19.8 Å². The first-order chi connectivity index (χ1) is 32.3. The number of amides is 3. The van der Waals surface area contributed by atoms with E-state index in [1.54, 1.807) is 38.2 Å². The molecule has 12 nitrogen and oxygen atoms in total. The van der Waals surface area contributed by atoms with Gasteiger partial charge in [0.15, 0.2) is 5.67 Å². The van der Waals surface area contributed by atoms with Crippen molar-refractivity contribution < 1.29 is 23.9 Å². The zero-order chi connectivity index (χ0) is 48.3. The van der Waals surface area contributed by atoms with Gasteiger partial charge in [-0.2, -0.15) is 4.98 Å². The lowest BCUT2D eigenvalue weighted by Gasteiger charge is -2.36. The van der Waals surface area contributed by atoms with E-state index >= 15 is 0 Å². The van der Waals surface area contributed by atoms with E-state index in [-0.39, 0.29) is 43.3 Å². The van der Waals surface area contributed by atoms with Gasteiger partial charge < -0.3 is 25.5 Å². The van der Waals surface area contributed by atoms with Crippen LogP contribution in [0.5, 0.6) is 0 Å². The lowest BCUT2D eigenvalue weighted by Crippen LogP contribution is -2.59. The Morgan fingerprint density at radius 1 is 1.00 bits per heavy atom. The molecule has 360 valence electrons. The molecule has 5 aromatic rings. The number of halogens is 2. The number of nitrogens with zero attached hydrogens (tertiary/aromatic N) is 5. The molecule has 5 heterocycles. The number of β-amino-alcohol motifs (C(OH)–C–C–N with tert-alkyl or cyclic N) is 1. The highest BCUT2D eigenvalue weighted by molar-refractivity contribution is 7.13. The zero-order valence-electron chi connectivity index (χ0n) is 39.9. The molecule has 0 spiro atoms. The van der Waals surface area contributed by atoms with Crippen molar-refractivity contribution in [1.82, 2.24) is 35.0 Å². The molecule has 3 aliphatic heterocycles. The number of aromatic nitrogens is 3. The molecule has 2 saturated heterocycles. The molecule has 1 aliphatic carbocycles. The van der Waals surface area contributed by atoms with Gasteiger partial charge in [-0.05, 0) is 131 Å². The van der Waals surface area contributed by atoms with Crippen molar-refractivity contribution in [2.24, 2.45) is 5.41 Å². The number of carbonyl (C=O) groups excluding carboxylic acids is 3. The lowest BCUT2D eigenvalue weighted by molar-refractivity contribution is -0.145. The first kappa shape index (κ1) is 48.0. The summed E-state index contributed by atoms with van der Waals surface area (Å²) >= 11 is 8.07. The average Bonchev–Trinajstić information content (AvgIpc) is 3.60. The van der Waals surface area contributed by atoms with Crippen LogP contribution in [0.15, 0.2) is 71.0 Å². The maximum Gasteiger partial charge on any atom is 0.282 e. The molecule has 0 unspecified atom stereocenters. The summed E-state index contributed by atoms with van der Waals surface area (Å²) in [6.45, 7) is 14.6. The number of benzene rings is 3. The zero-order valence-corrected chi connectivity index (χ0v) is 41.5. The number of hydrogen-bond acceptors (Lipinski definition) is 9. The van der Waals surface area contributed by atoms with Crippen molar-refractivity contribution in [3.8, 4) is 16.1 Å². The van der Waals surface area contributed by atoms with Crippen LogP contribution < -0.4 is 16.2 Å². The van der Waals surface area contributed by atoms with Crippen molar-refractivity contribution in [3.63, 3.8) is 0 Å². The minimum absolute atomic E-state index is 0.0555. The van der Waals surface area contributed by atoms with Gasteiger partial charge >= 0.3 is 0 Å². The predicted octanol–water partition coefficient (Wildman–Crippen LogP) is 8.70. The third-order valence-electron chi connectivity index (χ3n) is 14.9. The molecule has 3 fully saturated rings. The van der Waals surface area contributed by atoms with Crippen molar-refractivity contribution in [2.75, 3.05) is 26.2 Å². The normalized spacial score (nSPS) is 20.8. The maximum atomic E-state index is 14.8. The summed E-state index contributed by atoms with van der Waals surface area (Å²) in [6, 6.07) is 18.2. The molecule has 68 heavy (non-hydrogen) atoms. The number of thiazole rings is 1. The van der Waals surface area contributed by atoms with Crippen molar-refractivity contribution in [3.05, 3.63) is 110 Å². The molecule has 9 rings (SSSR count). The predicted molar refractivity (Wildman–Crippen MR) is 265 cm³/mol. The number of fused-ring (bicyclic) bond motifs is 5. The molecular weight excluding hydrogens is 901 g/mol. The van der Waals surface area contributed by atoms with E-state index in [0.29, 0.717) is 22.7 Å². The smallest absolute Gasteiger partial charge is 0.282 e. The molecule has 15 heteroatoms. The summed E-state index contributed by atoms with van der Waals surface area (Å²) in [7, 11) is 0. The van der Waals surface area contributed by atoms with E-state index in [1.165, 1.54) is 16.0 Å². The number of aliphatic hydroxyl groups is 1. The Morgan fingerprint density at radius 3 is 2.41 bits per heavy atom. The van der Waals surface area contributed by atoms with Crippen molar-refractivity contribution >= 4 is 51.6 Å². The minimum atomic E-state index is -1.96. The average molecular weight is 965 g/mol. The first-order valence-electron chi connectivity index (χ1n) is 24.2. The number of aryl methyl sites for hydroxylation is 1. The second-order valence-corrected chi connectivity index (χ2v) is 22.4. The molecule has 2 aromatic heterocycles. The SMILES string of the molecule is Cc1ncsc1-c1ccc([C@H](CCCCCN2CCC(c3ccc4c(c3)C(C)(C)c3nc(=O)c5c(Cl)cccc5n3-4)CC2)NC(=O)[C@@H]2C[C@@H](O)CN2C(=O)[C@@H](NC(=O)C2(F)CC2)C(C)(C)C)cc1. The molecule has 3 aromatic carbocycles. The molecular formula is C53H63ClFN7O5S. The summed E-state index contributed by atoms with van der Waals surface area (Å²) in [6.07, 6.45) is 5.03. The number of rotatable bonds is 14. The van der Waals surface area contributed by atoms with Gasteiger partial charge in [0.05, 0.1) is 55.3 Å². The van der Waals surface area contributed by atoms with Crippen LogP contribution in [0.4, 0.5) is 4.39 Å². The quantitative estimate of drug-likeness (QED) is 0.0937. The minimum Gasteiger partial charge on any atom is -0.391 e. The van der Waals surface area contributed by atoms with Gasteiger partial charge in [0.1, 0.15) is 17.9 Å². The number of carbonyl (C=O) groups is 3. The molecule has 4 atom stereocenters. The second kappa shape index (κ2) is 18.7. The molecule has 3 N–H and O–H groups in total. The van der Waals surface area contributed by atoms with E-state index in [4.69, 9.17) is 11.6 Å². The Morgan fingerprint density at radius 2 is 1.74 bits per heavy atom. The summed E-state index contributed by atoms with van der Waals surface area (Å²) < 4.78 is 16.9. The van der Waals surface area contributed by atoms with Crippen LogP contribution >= 0.6 is 22.9 Å². The molecule has 3 amide bonds. The van der Waals surface area contributed by atoms with Gasteiger partial charge in [0, 0.05) is 13.0 Å². The van der Waals surface area contributed by atoms with Gasteiger partial charge in [-0.25, -0.2) is 9.37 Å². The molecule has 0 bridgehead atoms. The number of likely N-dealkylation sites (tertiary alicyclic amines) is 2. The Balaban J connectivity index is 0.825. The lowest BCUT2D eigenvalue weighted by atomic mass is 9.81. The molecule has 0 radical (unpaired) electrons. The number of aliphatic hydroxyl groups excluding tert-OH is 1. The second-order valence-electron chi connectivity index (χ2n) is 21.2. The van der Waals surface area contributed by atoms with E-state index < -0.39 is 46.5 Å². The van der Waals surface area contributed by atoms with Crippen molar-refractivity contribution in [2.45, 2.75) is 141 Å². The van der Waals surface area contributed by atoms with Crippen LogP contribution in [0.1, 0.15) is 133 Å². The Hall–Kier alpha value is -5.02. The Labute approximate surface area is 406 Å². The number of piperidine rings is 1. The fourth-order valence-electron chi connectivity index (χ4n) is 10.6. The first-order valence-corrected chi connectivity index (χ1v) is 25.5. The fourth-order valence-corrected chi connectivity index (χ4v) is 11.7. The monoisotopic (exact) mass is 963 g/mol. The Kier molecular flexibility index (Phi) is 13.2. The summed E-state index contributed by atoms with van der Waals surface area (Å²) in [4.78, 5) is 68.4. The highest BCUT2D eigenvalue weighted by Gasteiger charge is 2.53. The highest BCUT2D eigenvalue weighted by Crippen LogP contribution is 2.45. The van der Waals surface area contributed by atoms with Gasteiger partial charge in [-0.15, -0.1) is 11.3 Å². The van der Waals surface area contributed by atoms with Crippen LogP contribution in [0.25, 0.3) is 27.0 Å². The number of hydrogen-bond donors (Lipinski definition) is 3. The van der Waals surface area contributed by atoms with Gasteiger partial charge in [-0.1, -0.05) is 87.7 Å².